The van der Waals surface area contributed by atoms with Crippen LogP contribution < -0.4 is 9.78 Å². The maximum atomic E-state index is 12.8. The average Bonchev–Trinajstić information content (AvgIpc) is 2.63. The van der Waals surface area contributed by atoms with Crippen molar-refractivity contribution in [2.24, 2.45) is 0 Å². The fourth-order valence-electron chi connectivity index (χ4n) is 2.66. The van der Waals surface area contributed by atoms with Crippen LogP contribution >= 0.6 is 0 Å². The van der Waals surface area contributed by atoms with Crippen LogP contribution in [0.5, 0.6) is 0 Å². The molecule has 1 fully saturated rings. The molecule has 0 aromatic heterocycles. The summed E-state index contributed by atoms with van der Waals surface area (Å²) in [4.78, 5) is 25.4. The Labute approximate surface area is 147 Å². The summed E-state index contributed by atoms with van der Waals surface area (Å²) in [7, 11) is 0. The Kier molecular flexibility index (Phi) is 5.34. The Balaban J connectivity index is 1.79. The van der Waals surface area contributed by atoms with Gasteiger partial charge in [0.15, 0.2) is 0 Å². The van der Waals surface area contributed by atoms with E-state index in [4.69, 9.17) is 4.74 Å². The van der Waals surface area contributed by atoms with Crippen LogP contribution in [0.25, 0.3) is 0 Å². The normalized spacial score (nSPS) is 20.2. The van der Waals surface area contributed by atoms with Crippen molar-refractivity contribution in [2.75, 3.05) is 6.54 Å². The Bertz CT molecular complexity index is 705. The first-order valence-electron chi connectivity index (χ1n) is 7.94. The average molecular weight is 388 g/mol. The molecule has 1 saturated heterocycles. The molecule has 0 spiro atoms. The third-order valence-corrected chi connectivity index (χ3v) is 6.90. The van der Waals surface area contributed by atoms with Crippen LogP contribution in [-0.2, 0) is 20.9 Å². The summed E-state index contributed by atoms with van der Waals surface area (Å²) in [6.45, 7) is 0.816. The Morgan fingerprint density at radius 1 is 1.08 bits per heavy atom. The molecule has 24 heavy (non-hydrogen) atoms. The second-order valence-electron chi connectivity index (χ2n) is 5.66. The van der Waals surface area contributed by atoms with Gasteiger partial charge in [-0.15, -0.1) is 0 Å². The number of carbonyl (C=O) groups is 2. The van der Waals surface area contributed by atoms with Gasteiger partial charge in [-0.05, 0) is 0 Å². The number of carbonyl (C=O) groups excluding carboxylic acids is 2. The Morgan fingerprint density at radius 2 is 1.75 bits per heavy atom. The summed E-state index contributed by atoms with van der Waals surface area (Å²) in [5.74, 6) is -0.608. The Hall–Kier alpha value is -2.10. The predicted molar refractivity (Wildman–Crippen MR) is 93.0 cm³/mol. The zero-order valence-corrected chi connectivity index (χ0v) is 14.9. The summed E-state index contributed by atoms with van der Waals surface area (Å²) in [5, 5.41) is 2.85. The van der Waals surface area contributed by atoms with E-state index in [9.17, 15) is 9.59 Å². The molecule has 0 radical (unpaired) electrons. The predicted octanol–water partition coefficient (Wildman–Crippen LogP) is 1.83. The van der Waals surface area contributed by atoms with E-state index in [2.05, 4.69) is 5.32 Å². The zero-order valence-electron chi connectivity index (χ0n) is 13.2. The van der Waals surface area contributed by atoms with Crippen molar-refractivity contribution in [3.63, 3.8) is 0 Å². The number of ether oxygens (including phenoxy) is 1. The molecule has 1 aliphatic heterocycles. The van der Waals surface area contributed by atoms with Crippen LogP contribution in [0.2, 0.25) is 4.31 Å². The SMILES string of the molecule is O=C1NCCCC1([Se]c1ccccc1)C(=O)OCc1ccccc1. The molecule has 1 aliphatic rings. The molecule has 1 unspecified atom stereocenters. The van der Waals surface area contributed by atoms with Crippen molar-refractivity contribution in [1.82, 2.24) is 5.32 Å². The number of nitrogens with one attached hydrogen (secondary N) is 1. The van der Waals surface area contributed by atoms with Crippen molar-refractivity contribution in [3.8, 4) is 0 Å². The summed E-state index contributed by atoms with van der Waals surface area (Å²) in [6.07, 6.45) is 1.34. The molecule has 3 rings (SSSR count). The van der Waals surface area contributed by atoms with E-state index in [1.165, 1.54) is 0 Å². The van der Waals surface area contributed by atoms with Gasteiger partial charge in [0.25, 0.3) is 0 Å². The van der Waals surface area contributed by atoms with Crippen LogP contribution in [-0.4, -0.2) is 33.4 Å². The molecule has 2 aromatic rings. The second-order valence-corrected chi connectivity index (χ2v) is 8.54. The number of rotatable bonds is 5. The number of hydrogen-bond acceptors (Lipinski definition) is 3. The van der Waals surface area contributed by atoms with Crippen molar-refractivity contribution in [3.05, 3.63) is 66.2 Å². The first-order chi connectivity index (χ1) is 11.7. The third kappa shape index (κ3) is 3.69. The van der Waals surface area contributed by atoms with Gasteiger partial charge in [-0.1, -0.05) is 0 Å². The van der Waals surface area contributed by atoms with Gasteiger partial charge in [0.1, 0.15) is 0 Å². The molecule has 0 aliphatic carbocycles. The van der Waals surface area contributed by atoms with Gasteiger partial charge in [0.2, 0.25) is 0 Å². The van der Waals surface area contributed by atoms with E-state index in [0.717, 1.165) is 16.4 Å². The summed E-state index contributed by atoms with van der Waals surface area (Å²) in [6, 6.07) is 19.3. The van der Waals surface area contributed by atoms with Gasteiger partial charge >= 0.3 is 147 Å². The first kappa shape index (κ1) is 16.7. The molecule has 1 amide bonds. The van der Waals surface area contributed by atoms with Crippen LogP contribution in [0, 0.1) is 0 Å². The molecule has 5 heteroatoms. The zero-order chi connectivity index (χ0) is 16.8. The van der Waals surface area contributed by atoms with Gasteiger partial charge in [-0.2, -0.15) is 0 Å². The Morgan fingerprint density at radius 3 is 2.42 bits per heavy atom. The van der Waals surface area contributed by atoms with Gasteiger partial charge < -0.3 is 0 Å². The summed E-state index contributed by atoms with van der Waals surface area (Å²) < 4.78 is 5.49. The van der Waals surface area contributed by atoms with Gasteiger partial charge in [-0.25, -0.2) is 0 Å². The molecule has 2 aromatic carbocycles. The van der Waals surface area contributed by atoms with E-state index in [-0.39, 0.29) is 27.5 Å². The van der Waals surface area contributed by atoms with E-state index in [1.807, 2.05) is 60.7 Å². The quantitative estimate of drug-likeness (QED) is 0.483. The van der Waals surface area contributed by atoms with E-state index in [1.54, 1.807) is 0 Å². The number of hydrogen-bond donors (Lipinski definition) is 1. The number of esters is 1. The first-order valence-corrected chi connectivity index (χ1v) is 9.65. The number of benzene rings is 2. The monoisotopic (exact) mass is 389 g/mol. The second kappa shape index (κ2) is 7.65. The summed E-state index contributed by atoms with van der Waals surface area (Å²) >= 11 is -0.313. The van der Waals surface area contributed by atoms with Gasteiger partial charge in [0, 0.05) is 0 Å². The standard InChI is InChI=1S/C19H19NO3Se/c21-17-19(12-7-13-20-17,24-16-10-5-2-6-11-16)18(22)23-14-15-8-3-1-4-9-15/h1-6,8-11H,7,12-14H2,(H,20,21). The van der Waals surface area contributed by atoms with Crippen molar-refractivity contribution in [1.29, 1.82) is 0 Å². The molecule has 1 atom stereocenters. The molecule has 0 saturated carbocycles. The van der Waals surface area contributed by atoms with Gasteiger partial charge in [0.05, 0.1) is 0 Å². The molecule has 1 heterocycles. The molecule has 1 N–H and O–H groups in total. The van der Waals surface area contributed by atoms with E-state index >= 15 is 0 Å². The minimum absolute atomic E-state index is 0.194. The van der Waals surface area contributed by atoms with Crippen molar-refractivity contribution in [2.45, 2.75) is 23.8 Å². The summed E-state index contributed by atoms with van der Waals surface area (Å²) in [5.41, 5.74) is 0.921. The fourth-order valence-corrected chi connectivity index (χ4v) is 5.28. The number of piperidine rings is 1. The fraction of sp³-hybridized carbons (Fsp3) is 0.263. The van der Waals surface area contributed by atoms with Crippen LogP contribution in [0.3, 0.4) is 0 Å². The topological polar surface area (TPSA) is 55.4 Å². The molecular weight excluding hydrogens is 369 g/mol. The molecule has 124 valence electrons. The minimum atomic E-state index is -1.07. The van der Waals surface area contributed by atoms with Crippen LogP contribution in [0.15, 0.2) is 60.7 Å². The van der Waals surface area contributed by atoms with E-state index in [0.29, 0.717) is 13.0 Å². The van der Waals surface area contributed by atoms with Gasteiger partial charge in [-0.3, -0.25) is 0 Å². The third-order valence-electron chi connectivity index (χ3n) is 3.94. The molecule has 4 nitrogen and oxygen atoms in total. The van der Waals surface area contributed by atoms with Crippen molar-refractivity contribution >= 4 is 31.3 Å². The molecule has 0 bridgehead atoms. The van der Waals surface area contributed by atoms with Crippen LogP contribution in [0.4, 0.5) is 0 Å². The van der Waals surface area contributed by atoms with Crippen LogP contribution in [0.1, 0.15) is 18.4 Å². The van der Waals surface area contributed by atoms with E-state index < -0.39 is 10.3 Å². The molecular formula is C19H19NO3Se. The number of amides is 1. The maximum absolute atomic E-state index is 12.8. The van der Waals surface area contributed by atoms with Crippen molar-refractivity contribution < 1.29 is 14.3 Å².